The Hall–Kier alpha value is -2.72. The maximum Gasteiger partial charge on any atom is 0.252 e. The molecule has 0 spiro atoms. The second-order valence-electron chi connectivity index (χ2n) is 6.62. The van der Waals surface area contributed by atoms with Crippen molar-refractivity contribution in [2.24, 2.45) is 0 Å². The lowest BCUT2D eigenvalue weighted by Crippen LogP contribution is -2.27. The molecule has 1 N–H and O–H groups in total. The first-order valence-corrected chi connectivity index (χ1v) is 9.16. The summed E-state index contributed by atoms with van der Waals surface area (Å²) in [4.78, 5) is 17.6. The number of amides is 1. The molecule has 4 heteroatoms. The van der Waals surface area contributed by atoms with Crippen LogP contribution in [0.4, 0.5) is 0 Å². The third-order valence-electron chi connectivity index (χ3n) is 4.81. The van der Waals surface area contributed by atoms with Gasteiger partial charge < -0.3 is 10.1 Å². The van der Waals surface area contributed by atoms with Gasteiger partial charge in [-0.2, -0.15) is 0 Å². The van der Waals surface area contributed by atoms with Gasteiger partial charge in [-0.15, -0.1) is 0 Å². The summed E-state index contributed by atoms with van der Waals surface area (Å²) in [6.45, 7) is 1.47. The number of hydrogen-bond donors (Lipinski definition) is 1. The third kappa shape index (κ3) is 3.60. The Morgan fingerprint density at radius 3 is 2.73 bits per heavy atom. The Balaban J connectivity index is 1.61. The predicted molar refractivity (Wildman–Crippen MR) is 103 cm³/mol. The maximum absolute atomic E-state index is 12.8. The molecule has 1 fully saturated rings. The van der Waals surface area contributed by atoms with E-state index in [1.807, 2.05) is 60.7 Å². The van der Waals surface area contributed by atoms with Crippen LogP contribution in [0.5, 0.6) is 0 Å². The molecule has 0 aliphatic carbocycles. The number of nitrogens with zero attached hydrogens (tertiary/aromatic N) is 1. The second-order valence-corrected chi connectivity index (χ2v) is 6.62. The van der Waals surface area contributed by atoms with Gasteiger partial charge in [0.1, 0.15) is 0 Å². The highest BCUT2D eigenvalue weighted by molar-refractivity contribution is 6.07. The smallest absolute Gasteiger partial charge is 0.252 e. The maximum atomic E-state index is 12.8. The fourth-order valence-electron chi connectivity index (χ4n) is 3.43. The fourth-order valence-corrected chi connectivity index (χ4v) is 3.43. The lowest BCUT2D eigenvalue weighted by molar-refractivity contribution is 0.0908. The van der Waals surface area contributed by atoms with Gasteiger partial charge in [0.05, 0.1) is 22.9 Å². The molecular formula is C22H22N2O2. The topological polar surface area (TPSA) is 51.2 Å². The normalized spacial score (nSPS) is 16.7. The number of fused-ring (bicyclic) bond motifs is 1. The number of nitrogens with one attached hydrogen (secondary N) is 1. The summed E-state index contributed by atoms with van der Waals surface area (Å²) in [5.41, 5.74) is 3.32. The van der Waals surface area contributed by atoms with E-state index in [1.54, 1.807) is 0 Å². The van der Waals surface area contributed by atoms with E-state index in [-0.39, 0.29) is 12.0 Å². The van der Waals surface area contributed by atoms with Gasteiger partial charge in [0, 0.05) is 24.1 Å². The summed E-state index contributed by atoms with van der Waals surface area (Å²) >= 11 is 0. The van der Waals surface area contributed by atoms with Gasteiger partial charge in [0.25, 0.3) is 5.91 Å². The van der Waals surface area contributed by atoms with Crippen molar-refractivity contribution in [1.82, 2.24) is 10.3 Å². The molecule has 1 atom stereocenters. The summed E-state index contributed by atoms with van der Waals surface area (Å²) in [5.74, 6) is -0.0567. The lowest BCUT2D eigenvalue weighted by atomic mass is 10.0. The number of carbonyl (C=O) groups excluding carboxylic acids is 1. The van der Waals surface area contributed by atoms with Crippen molar-refractivity contribution in [3.8, 4) is 11.3 Å². The summed E-state index contributed by atoms with van der Waals surface area (Å²) in [6, 6.07) is 19.6. The third-order valence-corrected chi connectivity index (χ3v) is 4.81. The van der Waals surface area contributed by atoms with Crippen LogP contribution >= 0.6 is 0 Å². The second kappa shape index (κ2) is 7.67. The highest BCUT2D eigenvalue weighted by atomic mass is 16.5. The first-order valence-electron chi connectivity index (χ1n) is 9.16. The molecule has 1 aromatic heterocycles. The van der Waals surface area contributed by atoms with Crippen LogP contribution in [0.2, 0.25) is 0 Å². The van der Waals surface area contributed by atoms with Gasteiger partial charge in [0.15, 0.2) is 0 Å². The van der Waals surface area contributed by atoms with E-state index in [0.717, 1.165) is 48.0 Å². The Labute approximate surface area is 153 Å². The summed E-state index contributed by atoms with van der Waals surface area (Å²) in [7, 11) is 0. The van der Waals surface area contributed by atoms with Crippen molar-refractivity contribution in [2.75, 3.05) is 13.2 Å². The molecule has 0 radical (unpaired) electrons. The predicted octanol–water partition coefficient (Wildman–Crippen LogP) is 4.20. The Morgan fingerprint density at radius 1 is 1.12 bits per heavy atom. The van der Waals surface area contributed by atoms with Crippen LogP contribution in [0.25, 0.3) is 22.2 Å². The number of pyridine rings is 1. The summed E-state index contributed by atoms with van der Waals surface area (Å²) in [6.07, 6.45) is 3.35. The number of ether oxygens (including phenoxy) is 1. The average Bonchev–Trinajstić information content (AvgIpc) is 3.21. The summed E-state index contributed by atoms with van der Waals surface area (Å²) < 4.78 is 5.63. The van der Waals surface area contributed by atoms with Gasteiger partial charge in [-0.1, -0.05) is 48.5 Å². The molecule has 2 aromatic carbocycles. The molecule has 4 nitrogen and oxygen atoms in total. The standard InChI is InChI=1S/C22H22N2O2/c25-22(23-13-12-17-9-6-14-26-17)19-15-21(16-7-2-1-3-8-16)24-20-11-5-4-10-18(19)20/h1-5,7-8,10-11,15,17H,6,9,12-14H2,(H,23,25)/t17-/m0/s1. The van der Waals surface area contributed by atoms with Crippen LogP contribution in [0.1, 0.15) is 29.6 Å². The van der Waals surface area contributed by atoms with Gasteiger partial charge >= 0.3 is 0 Å². The molecule has 26 heavy (non-hydrogen) atoms. The Kier molecular flexibility index (Phi) is 4.93. The number of para-hydroxylation sites is 1. The van der Waals surface area contributed by atoms with Gasteiger partial charge in [-0.05, 0) is 31.4 Å². The van der Waals surface area contributed by atoms with Crippen molar-refractivity contribution < 1.29 is 9.53 Å². The molecule has 3 aromatic rings. The van der Waals surface area contributed by atoms with Crippen LogP contribution in [0.3, 0.4) is 0 Å². The molecule has 132 valence electrons. The lowest BCUT2D eigenvalue weighted by Gasteiger charge is -2.12. The molecule has 1 aliphatic rings. The first kappa shape index (κ1) is 16.7. The monoisotopic (exact) mass is 346 g/mol. The molecule has 0 unspecified atom stereocenters. The van der Waals surface area contributed by atoms with E-state index in [2.05, 4.69) is 5.32 Å². The zero-order valence-electron chi connectivity index (χ0n) is 14.7. The van der Waals surface area contributed by atoms with Crippen molar-refractivity contribution in [1.29, 1.82) is 0 Å². The van der Waals surface area contributed by atoms with Crippen LogP contribution in [0.15, 0.2) is 60.7 Å². The quantitative estimate of drug-likeness (QED) is 0.753. The molecule has 0 saturated carbocycles. The van der Waals surface area contributed by atoms with Crippen molar-refractivity contribution >= 4 is 16.8 Å². The van der Waals surface area contributed by atoms with Crippen molar-refractivity contribution in [2.45, 2.75) is 25.4 Å². The van der Waals surface area contributed by atoms with Gasteiger partial charge in [0.2, 0.25) is 0 Å². The highest BCUT2D eigenvalue weighted by Crippen LogP contribution is 2.24. The zero-order valence-corrected chi connectivity index (χ0v) is 14.7. The summed E-state index contributed by atoms with van der Waals surface area (Å²) in [5, 5.41) is 3.93. The SMILES string of the molecule is O=C(NCC[C@@H]1CCCO1)c1cc(-c2ccccc2)nc2ccccc12. The fraction of sp³-hybridized carbons (Fsp3) is 0.273. The van der Waals surface area contributed by atoms with E-state index in [1.165, 1.54) is 0 Å². The molecule has 1 saturated heterocycles. The number of rotatable bonds is 5. The number of benzene rings is 2. The van der Waals surface area contributed by atoms with E-state index in [0.29, 0.717) is 12.1 Å². The van der Waals surface area contributed by atoms with E-state index < -0.39 is 0 Å². The van der Waals surface area contributed by atoms with Crippen LogP contribution in [-0.4, -0.2) is 30.1 Å². The minimum Gasteiger partial charge on any atom is -0.378 e. The Morgan fingerprint density at radius 2 is 1.92 bits per heavy atom. The Bertz CT molecular complexity index is 902. The minimum absolute atomic E-state index is 0.0567. The van der Waals surface area contributed by atoms with E-state index in [4.69, 9.17) is 9.72 Å². The molecule has 1 amide bonds. The average molecular weight is 346 g/mol. The van der Waals surface area contributed by atoms with E-state index >= 15 is 0 Å². The highest BCUT2D eigenvalue weighted by Gasteiger charge is 2.17. The van der Waals surface area contributed by atoms with Gasteiger partial charge in [-0.3, -0.25) is 4.79 Å². The van der Waals surface area contributed by atoms with Crippen LogP contribution in [0, 0.1) is 0 Å². The molecule has 2 heterocycles. The molecule has 1 aliphatic heterocycles. The molecule has 0 bridgehead atoms. The zero-order chi connectivity index (χ0) is 17.8. The van der Waals surface area contributed by atoms with Crippen molar-refractivity contribution in [3.63, 3.8) is 0 Å². The largest absolute Gasteiger partial charge is 0.378 e. The molecular weight excluding hydrogens is 324 g/mol. The van der Waals surface area contributed by atoms with Crippen LogP contribution < -0.4 is 5.32 Å². The van der Waals surface area contributed by atoms with Gasteiger partial charge in [-0.25, -0.2) is 4.98 Å². The van der Waals surface area contributed by atoms with Crippen molar-refractivity contribution in [3.05, 3.63) is 66.2 Å². The number of aromatic nitrogens is 1. The first-order chi connectivity index (χ1) is 12.8. The number of hydrogen-bond acceptors (Lipinski definition) is 3. The van der Waals surface area contributed by atoms with E-state index in [9.17, 15) is 4.79 Å². The molecule has 4 rings (SSSR count). The van der Waals surface area contributed by atoms with Crippen LogP contribution in [-0.2, 0) is 4.74 Å². The minimum atomic E-state index is -0.0567. The number of carbonyl (C=O) groups is 1.